The highest BCUT2D eigenvalue weighted by molar-refractivity contribution is 5.75. The average molecular weight is 397 g/mol. The van der Waals surface area contributed by atoms with Crippen molar-refractivity contribution in [2.24, 2.45) is 0 Å². The number of ether oxygens (including phenoxy) is 2. The molecule has 0 spiro atoms. The number of benzene rings is 2. The Morgan fingerprint density at radius 3 is 2.52 bits per heavy atom. The van der Waals surface area contributed by atoms with Gasteiger partial charge in [-0.3, -0.25) is 9.69 Å². The lowest BCUT2D eigenvalue weighted by Gasteiger charge is -2.35. The minimum atomic E-state index is 0.0681. The topological polar surface area (TPSA) is 50.8 Å². The van der Waals surface area contributed by atoms with E-state index >= 15 is 0 Å². The molecule has 1 atom stereocenters. The lowest BCUT2D eigenvalue weighted by atomic mass is 10.0. The molecule has 1 N–H and O–H groups in total. The number of piperidine rings is 1. The van der Waals surface area contributed by atoms with Crippen LogP contribution in [0.2, 0.25) is 0 Å². The minimum absolute atomic E-state index is 0.0681. The van der Waals surface area contributed by atoms with Gasteiger partial charge in [0.2, 0.25) is 5.91 Å². The molecule has 1 aliphatic rings. The second-order valence-corrected chi connectivity index (χ2v) is 7.42. The monoisotopic (exact) mass is 396 g/mol. The number of methoxy groups -OCH3 is 1. The Morgan fingerprint density at radius 2 is 1.76 bits per heavy atom. The van der Waals surface area contributed by atoms with Crippen molar-refractivity contribution in [3.05, 3.63) is 60.2 Å². The molecule has 0 aromatic heterocycles. The molecule has 29 heavy (non-hydrogen) atoms. The van der Waals surface area contributed by atoms with E-state index < -0.39 is 0 Å². The first kappa shape index (κ1) is 21.2. The molecule has 0 radical (unpaired) electrons. The van der Waals surface area contributed by atoms with E-state index in [1.807, 2.05) is 48.5 Å². The van der Waals surface area contributed by atoms with Gasteiger partial charge < -0.3 is 14.8 Å². The van der Waals surface area contributed by atoms with E-state index in [4.69, 9.17) is 9.47 Å². The number of hydrogen-bond acceptors (Lipinski definition) is 4. The normalized spacial score (nSPS) is 15.5. The number of hydrogen-bond donors (Lipinski definition) is 1. The average Bonchev–Trinajstić information content (AvgIpc) is 2.78. The van der Waals surface area contributed by atoms with Crippen LogP contribution in [-0.2, 0) is 4.79 Å². The van der Waals surface area contributed by atoms with Crippen LogP contribution in [0.4, 0.5) is 0 Å². The van der Waals surface area contributed by atoms with E-state index in [0.717, 1.165) is 30.2 Å². The highest BCUT2D eigenvalue weighted by Crippen LogP contribution is 2.30. The summed E-state index contributed by atoms with van der Waals surface area (Å²) < 4.78 is 11.3. The number of carbonyl (C=O) groups is 1. The summed E-state index contributed by atoms with van der Waals surface area (Å²) in [5, 5.41) is 3.14. The van der Waals surface area contributed by atoms with E-state index in [9.17, 15) is 4.79 Å². The fraction of sp³-hybridized carbons (Fsp3) is 0.458. The maximum absolute atomic E-state index is 12.4. The Kier molecular flexibility index (Phi) is 8.38. The van der Waals surface area contributed by atoms with Gasteiger partial charge >= 0.3 is 0 Å². The molecule has 3 rings (SSSR count). The second kappa shape index (κ2) is 11.5. The molecule has 1 fully saturated rings. The summed E-state index contributed by atoms with van der Waals surface area (Å²) in [6.07, 6.45) is 4.85. The van der Waals surface area contributed by atoms with Crippen molar-refractivity contribution >= 4 is 5.91 Å². The molecule has 0 aliphatic carbocycles. The standard InChI is InChI=1S/C24H32N2O3/c1-28-23-14-7-6-13-21(23)22(26-16-8-3-9-17-26)19-25-24(27)15-10-18-29-20-11-4-2-5-12-20/h2,4-7,11-14,22H,3,8-10,15-19H2,1H3,(H,25,27). The molecule has 2 aromatic rings. The van der Waals surface area contributed by atoms with Crippen LogP contribution in [0.3, 0.4) is 0 Å². The molecular formula is C24H32N2O3. The first-order valence-electron chi connectivity index (χ1n) is 10.6. The Labute approximate surface area is 174 Å². The summed E-state index contributed by atoms with van der Waals surface area (Å²) in [7, 11) is 1.71. The summed E-state index contributed by atoms with van der Waals surface area (Å²) in [5.74, 6) is 1.79. The molecule has 0 bridgehead atoms. The number of likely N-dealkylation sites (tertiary alicyclic amines) is 1. The van der Waals surface area contributed by atoms with Gasteiger partial charge in [0.25, 0.3) is 0 Å². The summed E-state index contributed by atoms with van der Waals surface area (Å²) in [4.78, 5) is 14.9. The quantitative estimate of drug-likeness (QED) is 0.612. The molecule has 0 saturated carbocycles. The predicted octanol–water partition coefficient (Wildman–Crippen LogP) is 4.20. The Bertz CT molecular complexity index is 745. The maximum atomic E-state index is 12.4. The molecule has 1 heterocycles. The highest BCUT2D eigenvalue weighted by Gasteiger charge is 2.25. The van der Waals surface area contributed by atoms with Crippen molar-refractivity contribution in [3.63, 3.8) is 0 Å². The maximum Gasteiger partial charge on any atom is 0.220 e. The van der Waals surface area contributed by atoms with E-state index in [1.54, 1.807) is 7.11 Å². The zero-order valence-electron chi connectivity index (χ0n) is 17.3. The van der Waals surface area contributed by atoms with E-state index in [2.05, 4.69) is 16.3 Å². The lowest BCUT2D eigenvalue weighted by Crippen LogP contribution is -2.40. The summed E-state index contributed by atoms with van der Waals surface area (Å²) in [6, 6.07) is 18.0. The number of rotatable bonds is 10. The van der Waals surface area contributed by atoms with Crippen LogP contribution in [0.5, 0.6) is 11.5 Å². The molecule has 2 aromatic carbocycles. The minimum Gasteiger partial charge on any atom is -0.496 e. The van der Waals surface area contributed by atoms with Gasteiger partial charge in [-0.25, -0.2) is 0 Å². The fourth-order valence-electron chi connectivity index (χ4n) is 3.85. The van der Waals surface area contributed by atoms with Crippen LogP contribution < -0.4 is 14.8 Å². The van der Waals surface area contributed by atoms with Crippen molar-refractivity contribution in [1.82, 2.24) is 10.2 Å². The molecular weight excluding hydrogens is 364 g/mol. The molecule has 1 aliphatic heterocycles. The molecule has 1 saturated heterocycles. The van der Waals surface area contributed by atoms with Gasteiger partial charge in [0, 0.05) is 18.5 Å². The number of carbonyl (C=O) groups excluding carboxylic acids is 1. The van der Waals surface area contributed by atoms with Gasteiger partial charge in [-0.1, -0.05) is 42.8 Å². The molecule has 5 heteroatoms. The second-order valence-electron chi connectivity index (χ2n) is 7.42. The van der Waals surface area contributed by atoms with Gasteiger partial charge in [-0.2, -0.15) is 0 Å². The first-order chi connectivity index (χ1) is 14.3. The number of para-hydroxylation sites is 2. The van der Waals surface area contributed by atoms with Crippen LogP contribution in [-0.4, -0.2) is 44.2 Å². The zero-order valence-corrected chi connectivity index (χ0v) is 17.3. The molecule has 1 unspecified atom stereocenters. The van der Waals surface area contributed by atoms with Gasteiger partial charge in [-0.15, -0.1) is 0 Å². The van der Waals surface area contributed by atoms with Gasteiger partial charge in [0.05, 0.1) is 19.8 Å². The summed E-state index contributed by atoms with van der Waals surface area (Å²) in [5.41, 5.74) is 1.14. The fourth-order valence-corrected chi connectivity index (χ4v) is 3.85. The van der Waals surface area contributed by atoms with Gasteiger partial charge in [0.1, 0.15) is 11.5 Å². The van der Waals surface area contributed by atoms with Gasteiger partial charge in [-0.05, 0) is 50.6 Å². The number of nitrogens with zero attached hydrogens (tertiary/aromatic N) is 1. The Morgan fingerprint density at radius 1 is 1.03 bits per heavy atom. The summed E-state index contributed by atoms with van der Waals surface area (Å²) >= 11 is 0. The third kappa shape index (κ3) is 6.50. The van der Waals surface area contributed by atoms with Crippen molar-refractivity contribution in [2.45, 2.75) is 38.1 Å². The molecule has 156 valence electrons. The zero-order chi connectivity index (χ0) is 20.3. The van der Waals surface area contributed by atoms with Crippen LogP contribution in [0, 0.1) is 0 Å². The Balaban J connectivity index is 1.51. The highest BCUT2D eigenvalue weighted by atomic mass is 16.5. The van der Waals surface area contributed by atoms with Crippen LogP contribution in [0.1, 0.15) is 43.7 Å². The summed E-state index contributed by atoms with van der Waals surface area (Å²) in [6.45, 7) is 3.26. The van der Waals surface area contributed by atoms with E-state index in [-0.39, 0.29) is 11.9 Å². The van der Waals surface area contributed by atoms with Crippen molar-refractivity contribution < 1.29 is 14.3 Å². The SMILES string of the molecule is COc1ccccc1C(CNC(=O)CCCOc1ccccc1)N1CCCCC1. The smallest absolute Gasteiger partial charge is 0.220 e. The van der Waals surface area contributed by atoms with Crippen LogP contribution in [0.25, 0.3) is 0 Å². The molecule has 1 amide bonds. The van der Waals surface area contributed by atoms with Crippen molar-refractivity contribution in [2.75, 3.05) is 33.4 Å². The number of amides is 1. The van der Waals surface area contributed by atoms with Crippen molar-refractivity contribution in [1.29, 1.82) is 0 Å². The van der Waals surface area contributed by atoms with Crippen LogP contribution in [0.15, 0.2) is 54.6 Å². The van der Waals surface area contributed by atoms with Crippen LogP contribution >= 0.6 is 0 Å². The Hall–Kier alpha value is -2.53. The van der Waals surface area contributed by atoms with Gasteiger partial charge in [0.15, 0.2) is 0 Å². The third-order valence-electron chi connectivity index (χ3n) is 5.38. The first-order valence-corrected chi connectivity index (χ1v) is 10.6. The number of nitrogens with one attached hydrogen (secondary N) is 1. The van der Waals surface area contributed by atoms with Crippen molar-refractivity contribution in [3.8, 4) is 11.5 Å². The van der Waals surface area contributed by atoms with E-state index in [1.165, 1.54) is 19.3 Å². The third-order valence-corrected chi connectivity index (χ3v) is 5.38. The predicted molar refractivity (Wildman–Crippen MR) is 115 cm³/mol. The van der Waals surface area contributed by atoms with E-state index in [0.29, 0.717) is 26.0 Å². The lowest BCUT2D eigenvalue weighted by molar-refractivity contribution is -0.121. The largest absolute Gasteiger partial charge is 0.496 e. The molecule has 5 nitrogen and oxygen atoms in total.